The molecule has 0 saturated heterocycles. The lowest BCUT2D eigenvalue weighted by molar-refractivity contribution is 0.617. The Hall–Kier alpha value is -1.26. The van der Waals surface area contributed by atoms with Gasteiger partial charge in [-0.05, 0) is 38.0 Å². The van der Waals surface area contributed by atoms with E-state index in [0.717, 1.165) is 16.3 Å². The van der Waals surface area contributed by atoms with Gasteiger partial charge in [0, 0.05) is 4.88 Å². The van der Waals surface area contributed by atoms with Crippen molar-refractivity contribution in [1.82, 2.24) is 4.98 Å². The third-order valence-corrected chi connectivity index (χ3v) is 4.01. The summed E-state index contributed by atoms with van der Waals surface area (Å²) in [6, 6.07) is 4.69. The second-order valence-electron chi connectivity index (χ2n) is 4.18. The van der Waals surface area contributed by atoms with Gasteiger partial charge >= 0.3 is 0 Å². The summed E-state index contributed by atoms with van der Waals surface area (Å²) >= 11 is 1.60. The first-order valence-corrected chi connectivity index (χ1v) is 6.26. The molecule has 4 heteroatoms. The zero-order valence-electron chi connectivity index (χ0n) is 10.1. The monoisotopic (exact) mass is 250 g/mol. The highest BCUT2D eigenvalue weighted by molar-refractivity contribution is 7.11. The van der Waals surface area contributed by atoms with E-state index in [4.69, 9.17) is 5.73 Å². The van der Waals surface area contributed by atoms with Crippen LogP contribution >= 0.6 is 11.3 Å². The summed E-state index contributed by atoms with van der Waals surface area (Å²) in [5, 5.41) is 0.881. The van der Waals surface area contributed by atoms with Gasteiger partial charge < -0.3 is 5.73 Å². The average molecular weight is 250 g/mol. The fourth-order valence-electron chi connectivity index (χ4n) is 1.63. The van der Waals surface area contributed by atoms with Gasteiger partial charge in [-0.1, -0.05) is 12.1 Å². The van der Waals surface area contributed by atoms with E-state index >= 15 is 0 Å². The molecule has 1 aromatic heterocycles. The molecule has 0 fully saturated rings. The first kappa shape index (κ1) is 12.2. The molecule has 2 aromatic rings. The maximum absolute atomic E-state index is 13.2. The van der Waals surface area contributed by atoms with E-state index in [1.54, 1.807) is 30.4 Å². The van der Waals surface area contributed by atoms with Crippen LogP contribution in [0.2, 0.25) is 0 Å². The molecule has 0 spiro atoms. The van der Waals surface area contributed by atoms with Crippen LogP contribution in [0.5, 0.6) is 0 Å². The number of rotatable bonds is 2. The molecule has 1 unspecified atom stereocenters. The summed E-state index contributed by atoms with van der Waals surface area (Å²) < 4.78 is 13.2. The van der Waals surface area contributed by atoms with E-state index in [9.17, 15) is 4.39 Å². The van der Waals surface area contributed by atoms with Crippen molar-refractivity contribution in [2.45, 2.75) is 26.8 Å². The minimum Gasteiger partial charge on any atom is -0.318 e. The normalized spacial score (nSPS) is 12.8. The van der Waals surface area contributed by atoms with Crippen LogP contribution in [0, 0.1) is 26.6 Å². The molecule has 1 aromatic carbocycles. The Balaban J connectivity index is 2.36. The van der Waals surface area contributed by atoms with Gasteiger partial charge in [-0.15, -0.1) is 11.3 Å². The molecule has 90 valence electrons. The van der Waals surface area contributed by atoms with Crippen LogP contribution in [0.15, 0.2) is 18.2 Å². The molecule has 2 N–H and O–H groups in total. The second-order valence-corrected chi connectivity index (χ2v) is 5.41. The van der Waals surface area contributed by atoms with Crippen LogP contribution in [0.1, 0.15) is 32.7 Å². The van der Waals surface area contributed by atoms with Gasteiger partial charge in [0.15, 0.2) is 0 Å². The second kappa shape index (κ2) is 4.55. The highest BCUT2D eigenvalue weighted by Crippen LogP contribution is 2.26. The summed E-state index contributed by atoms with van der Waals surface area (Å²) in [5.74, 6) is -0.201. The van der Waals surface area contributed by atoms with Crippen molar-refractivity contribution in [3.63, 3.8) is 0 Å². The molecule has 17 heavy (non-hydrogen) atoms. The van der Waals surface area contributed by atoms with Gasteiger partial charge in [-0.25, -0.2) is 9.37 Å². The largest absolute Gasteiger partial charge is 0.318 e. The molecule has 0 bridgehead atoms. The lowest BCUT2D eigenvalue weighted by atomic mass is 10.1. The number of hydrogen-bond acceptors (Lipinski definition) is 3. The van der Waals surface area contributed by atoms with Crippen molar-refractivity contribution in [3.05, 3.63) is 50.7 Å². The Morgan fingerprint density at radius 3 is 2.53 bits per heavy atom. The first-order valence-electron chi connectivity index (χ1n) is 5.44. The van der Waals surface area contributed by atoms with Gasteiger partial charge in [0.1, 0.15) is 10.8 Å². The number of aryl methyl sites for hydroxylation is 3. The average Bonchev–Trinajstić information content (AvgIpc) is 2.62. The smallest absolute Gasteiger partial charge is 0.126 e. The number of halogens is 1. The fourth-order valence-corrected chi connectivity index (χ4v) is 2.59. The summed E-state index contributed by atoms with van der Waals surface area (Å²) in [4.78, 5) is 5.61. The fraction of sp³-hybridized carbons (Fsp3) is 0.308. The molecule has 1 heterocycles. The van der Waals surface area contributed by atoms with Crippen molar-refractivity contribution in [3.8, 4) is 0 Å². The Bertz CT molecular complexity index is 529. The zero-order valence-corrected chi connectivity index (χ0v) is 10.9. The first-order chi connectivity index (χ1) is 7.99. The predicted molar refractivity (Wildman–Crippen MR) is 68.8 cm³/mol. The summed E-state index contributed by atoms with van der Waals surface area (Å²) in [6.07, 6.45) is 0. The van der Waals surface area contributed by atoms with Gasteiger partial charge in [0.05, 0.1) is 11.7 Å². The van der Waals surface area contributed by atoms with Gasteiger partial charge in [0.25, 0.3) is 0 Å². The minimum absolute atomic E-state index is 0.201. The lowest BCUT2D eigenvalue weighted by Crippen LogP contribution is -2.12. The van der Waals surface area contributed by atoms with E-state index in [-0.39, 0.29) is 11.9 Å². The third kappa shape index (κ3) is 2.37. The number of thiazole rings is 1. The quantitative estimate of drug-likeness (QED) is 0.888. The minimum atomic E-state index is -0.272. The molecule has 2 nitrogen and oxygen atoms in total. The maximum Gasteiger partial charge on any atom is 0.126 e. The molecular formula is C13H15FN2S. The Morgan fingerprint density at radius 1 is 1.29 bits per heavy atom. The van der Waals surface area contributed by atoms with Crippen molar-refractivity contribution in [1.29, 1.82) is 0 Å². The van der Waals surface area contributed by atoms with Gasteiger partial charge in [-0.2, -0.15) is 0 Å². The van der Waals surface area contributed by atoms with Crippen LogP contribution in [0.4, 0.5) is 4.39 Å². The summed E-state index contributed by atoms with van der Waals surface area (Å²) in [7, 11) is 0. The van der Waals surface area contributed by atoms with Gasteiger partial charge in [-0.3, -0.25) is 0 Å². The molecular weight excluding hydrogens is 235 g/mol. The van der Waals surface area contributed by atoms with Crippen LogP contribution in [0.3, 0.4) is 0 Å². The van der Waals surface area contributed by atoms with E-state index in [2.05, 4.69) is 4.98 Å². The molecule has 0 aliphatic heterocycles. The zero-order chi connectivity index (χ0) is 12.6. The summed E-state index contributed by atoms with van der Waals surface area (Å²) in [6.45, 7) is 5.74. The number of nitrogens with two attached hydrogens (primary N) is 1. The predicted octanol–water partition coefficient (Wildman–Crippen LogP) is 3.26. The summed E-state index contributed by atoms with van der Waals surface area (Å²) in [5.41, 5.74) is 8.67. The molecule has 1 atom stereocenters. The molecule has 0 amide bonds. The highest BCUT2D eigenvalue weighted by atomic mass is 32.1. The lowest BCUT2D eigenvalue weighted by Gasteiger charge is -2.10. The molecule has 2 rings (SSSR count). The Kier molecular flexibility index (Phi) is 3.26. The van der Waals surface area contributed by atoms with Gasteiger partial charge in [0.2, 0.25) is 0 Å². The highest BCUT2D eigenvalue weighted by Gasteiger charge is 2.15. The maximum atomic E-state index is 13.2. The van der Waals surface area contributed by atoms with Crippen molar-refractivity contribution >= 4 is 11.3 Å². The van der Waals surface area contributed by atoms with Crippen LogP contribution in [0.25, 0.3) is 0 Å². The van der Waals surface area contributed by atoms with Crippen LogP contribution in [-0.4, -0.2) is 4.98 Å². The van der Waals surface area contributed by atoms with Crippen molar-refractivity contribution in [2.24, 2.45) is 5.73 Å². The number of hydrogen-bond donors (Lipinski definition) is 1. The number of aromatic nitrogens is 1. The number of nitrogens with zero attached hydrogens (tertiary/aromatic N) is 1. The van der Waals surface area contributed by atoms with E-state index in [1.807, 2.05) is 13.8 Å². The van der Waals surface area contributed by atoms with E-state index < -0.39 is 0 Å². The molecule has 0 radical (unpaired) electrons. The van der Waals surface area contributed by atoms with Crippen LogP contribution < -0.4 is 5.73 Å². The molecule has 0 aliphatic carbocycles. The van der Waals surface area contributed by atoms with Crippen LogP contribution in [-0.2, 0) is 0 Å². The number of benzene rings is 1. The standard InChI is InChI=1S/C13H15FN2S/c1-7-6-10(4-5-11(7)14)12(15)13-16-8(2)9(3)17-13/h4-6,12H,15H2,1-3H3. The van der Waals surface area contributed by atoms with Crippen molar-refractivity contribution in [2.75, 3.05) is 0 Å². The molecule has 0 saturated carbocycles. The van der Waals surface area contributed by atoms with E-state index in [0.29, 0.717) is 5.56 Å². The Morgan fingerprint density at radius 2 is 2.00 bits per heavy atom. The topological polar surface area (TPSA) is 38.9 Å². The van der Waals surface area contributed by atoms with E-state index in [1.165, 1.54) is 10.9 Å². The molecule has 0 aliphatic rings. The van der Waals surface area contributed by atoms with Crippen molar-refractivity contribution < 1.29 is 4.39 Å². The Labute approximate surface area is 104 Å². The SMILES string of the molecule is Cc1cc(C(N)c2nc(C)c(C)s2)ccc1F. The third-order valence-electron chi connectivity index (χ3n) is 2.85.